The molecule has 6 nitrogen and oxygen atoms in total. The number of hydrogen-bond acceptors (Lipinski definition) is 6. The number of aromatic nitrogens is 2. The van der Waals surface area contributed by atoms with E-state index in [1.165, 1.54) is 0 Å². The van der Waals surface area contributed by atoms with Crippen molar-refractivity contribution in [1.29, 1.82) is 0 Å². The average Bonchev–Trinajstić information content (AvgIpc) is 2.53. The van der Waals surface area contributed by atoms with Crippen molar-refractivity contribution in [3.8, 4) is 0 Å². The molecule has 0 saturated heterocycles. The highest BCUT2D eigenvalue weighted by Crippen LogP contribution is 2.36. The molecule has 1 aromatic heterocycles. The molecule has 1 aliphatic carbocycles. The molecule has 1 heterocycles. The van der Waals surface area contributed by atoms with Crippen LogP contribution in [-0.2, 0) is 11.3 Å². The first kappa shape index (κ1) is 17.0. The third-order valence-corrected chi connectivity index (χ3v) is 4.28. The highest BCUT2D eigenvalue weighted by atomic mass is 35.5. The van der Waals surface area contributed by atoms with Crippen LogP contribution in [0.2, 0.25) is 5.02 Å². The maximum Gasteiger partial charge on any atom is 0.222 e. The molecule has 0 radical (unpaired) electrons. The van der Waals surface area contributed by atoms with Crippen LogP contribution in [-0.4, -0.2) is 34.3 Å². The van der Waals surface area contributed by atoms with Crippen molar-refractivity contribution in [2.45, 2.75) is 31.5 Å². The van der Waals surface area contributed by atoms with Crippen molar-refractivity contribution in [1.82, 2.24) is 9.97 Å². The zero-order valence-corrected chi connectivity index (χ0v) is 14.0. The first-order valence-corrected chi connectivity index (χ1v) is 8.36. The van der Waals surface area contributed by atoms with Crippen LogP contribution in [0.1, 0.15) is 30.0 Å². The molecular formula is C17H21ClN4O2. The minimum atomic E-state index is -0.219. The summed E-state index contributed by atoms with van der Waals surface area (Å²) >= 11 is 5.85. The molecule has 1 saturated carbocycles. The highest BCUT2D eigenvalue weighted by molar-refractivity contribution is 6.30. The lowest BCUT2D eigenvalue weighted by molar-refractivity contribution is 0.0732. The molecule has 2 aromatic rings. The van der Waals surface area contributed by atoms with Gasteiger partial charge in [0, 0.05) is 23.6 Å². The standard InChI is InChI=1S/C17H21ClN4O2/c18-13-3-1-11(2-4-13)10-24-6-5-20-16-9-15(21-17(19)22-16)12-7-14(23)8-12/h1-4,9,12,14,23H,5-8,10H2,(H3,19,20,21,22). The zero-order valence-electron chi connectivity index (χ0n) is 13.3. The van der Waals surface area contributed by atoms with Crippen LogP contribution in [0.25, 0.3) is 0 Å². The number of aliphatic hydroxyl groups excluding tert-OH is 1. The van der Waals surface area contributed by atoms with E-state index in [0.29, 0.717) is 25.6 Å². The number of nitrogens with one attached hydrogen (secondary N) is 1. The summed E-state index contributed by atoms with van der Waals surface area (Å²) in [5, 5.41) is 13.3. The van der Waals surface area contributed by atoms with Crippen LogP contribution < -0.4 is 11.1 Å². The lowest BCUT2D eigenvalue weighted by Gasteiger charge is -2.30. The van der Waals surface area contributed by atoms with Crippen LogP contribution in [0.15, 0.2) is 30.3 Å². The van der Waals surface area contributed by atoms with Crippen LogP contribution in [0.4, 0.5) is 11.8 Å². The van der Waals surface area contributed by atoms with E-state index in [1.807, 2.05) is 30.3 Å². The minimum absolute atomic E-state index is 0.219. The Hall–Kier alpha value is -1.89. The Morgan fingerprint density at radius 1 is 1.25 bits per heavy atom. The fourth-order valence-corrected chi connectivity index (χ4v) is 2.76. The number of nitrogen functional groups attached to an aromatic ring is 1. The number of aliphatic hydroxyl groups is 1. The quantitative estimate of drug-likeness (QED) is 0.666. The van der Waals surface area contributed by atoms with E-state index in [-0.39, 0.29) is 18.0 Å². The van der Waals surface area contributed by atoms with Crippen molar-refractivity contribution in [3.63, 3.8) is 0 Å². The summed E-state index contributed by atoms with van der Waals surface area (Å²) in [5.74, 6) is 1.21. The highest BCUT2D eigenvalue weighted by Gasteiger charge is 2.30. The molecule has 7 heteroatoms. The maximum absolute atomic E-state index is 9.41. The van der Waals surface area contributed by atoms with Crippen molar-refractivity contribution >= 4 is 23.4 Å². The van der Waals surface area contributed by atoms with Crippen molar-refractivity contribution in [3.05, 3.63) is 46.6 Å². The number of halogens is 1. The molecule has 1 aliphatic rings. The van der Waals surface area contributed by atoms with Gasteiger partial charge in [0.25, 0.3) is 0 Å². The van der Waals surface area contributed by atoms with E-state index < -0.39 is 0 Å². The van der Waals surface area contributed by atoms with Crippen LogP contribution in [0.3, 0.4) is 0 Å². The lowest BCUT2D eigenvalue weighted by atomic mass is 9.80. The fourth-order valence-electron chi connectivity index (χ4n) is 2.64. The largest absolute Gasteiger partial charge is 0.393 e. The third-order valence-electron chi connectivity index (χ3n) is 4.03. The second kappa shape index (κ2) is 7.79. The number of rotatable bonds is 7. The van der Waals surface area contributed by atoms with Gasteiger partial charge in [-0.25, -0.2) is 4.98 Å². The lowest BCUT2D eigenvalue weighted by Crippen LogP contribution is -2.27. The van der Waals surface area contributed by atoms with Crippen molar-refractivity contribution < 1.29 is 9.84 Å². The molecule has 1 fully saturated rings. The van der Waals surface area contributed by atoms with Gasteiger partial charge in [-0.3, -0.25) is 0 Å². The topological polar surface area (TPSA) is 93.3 Å². The molecule has 4 N–H and O–H groups in total. The average molecular weight is 349 g/mol. The summed E-state index contributed by atoms with van der Waals surface area (Å²) < 4.78 is 5.62. The normalized spacial score (nSPS) is 19.8. The Kier molecular flexibility index (Phi) is 5.50. The van der Waals surface area contributed by atoms with Gasteiger partial charge < -0.3 is 20.9 Å². The van der Waals surface area contributed by atoms with Gasteiger partial charge >= 0.3 is 0 Å². The second-order valence-corrected chi connectivity index (χ2v) is 6.40. The molecule has 128 valence electrons. The first-order chi connectivity index (χ1) is 11.6. The number of benzene rings is 1. The van der Waals surface area contributed by atoms with E-state index in [1.54, 1.807) is 0 Å². The molecule has 0 amide bonds. The molecule has 24 heavy (non-hydrogen) atoms. The Morgan fingerprint density at radius 2 is 2.00 bits per heavy atom. The second-order valence-electron chi connectivity index (χ2n) is 5.96. The van der Waals surface area contributed by atoms with Gasteiger partial charge in [0.15, 0.2) is 0 Å². The van der Waals surface area contributed by atoms with Gasteiger partial charge in [-0.2, -0.15) is 4.98 Å². The van der Waals surface area contributed by atoms with Crippen molar-refractivity contribution in [2.24, 2.45) is 0 Å². The molecule has 1 aromatic carbocycles. The van der Waals surface area contributed by atoms with E-state index in [0.717, 1.165) is 29.1 Å². The van der Waals surface area contributed by atoms with Gasteiger partial charge in [0.1, 0.15) is 5.82 Å². The number of ether oxygens (including phenoxy) is 1. The molecule has 0 spiro atoms. The first-order valence-electron chi connectivity index (χ1n) is 7.99. The van der Waals surface area contributed by atoms with E-state index in [9.17, 15) is 5.11 Å². The number of hydrogen-bond donors (Lipinski definition) is 3. The Morgan fingerprint density at radius 3 is 2.71 bits per heavy atom. The smallest absolute Gasteiger partial charge is 0.222 e. The summed E-state index contributed by atoms with van der Waals surface area (Å²) in [6.45, 7) is 1.71. The Labute approximate surface area is 146 Å². The molecular weight excluding hydrogens is 328 g/mol. The fraction of sp³-hybridized carbons (Fsp3) is 0.412. The predicted molar refractivity (Wildman–Crippen MR) is 94.0 cm³/mol. The van der Waals surface area contributed by atoms with Crippen molar-refractivity contribution in [2.75, 3.05) is 24.2 Å². The summed E-state index contributed by atoms with van der Waals surface area (Å²) in [5.41, 5.74) is 7.73. The van der Waals surface area contributed by atoms with Gasteiger partial charge in [-0.15, -0.1) is 0 Å². The Bertz CT molecular complexity index is 675. The molecule has 0 unspecified atom stereocenters. The van der Waals surface area contributed by atoms with Gasteiger partial charge in [-0.05, 0) is 30.5 Å². The minimum Gasteiger partial charge on any atom is -0.393 e. The predicted octanol–water partition coefficient (Wildman–Crippen LogP) is 2.58. The molecule has 0 aliphatic heterocycles. The summed E-state index contributed by atoms with van der Waals surface area (Å²) in [7, 11) is 0. The number of nitrogens with zero attached hydrogens (tertiary/aromatic N) is 2. The maximum atomic E-state index is 9.41. The van der Waals surface area contributed by atoms with Gasteiger partial charge in [-0.1, -0.05) is 23.7 Å². The number of anilines is 2. The van der Waals surface area contributed by atoms with E-state index in [4.69, 9.17) is 22.1 Å². The summed E-state index contributed by atoms with van der Waals surface area (Å²) in [6, 6.07) is 9.48. The monoisotopic (exact) mass is 348 g/mol. The van der Waals surface area contributed by atoms with E-state index in [2.05, 4.69) is 15.3 Å². The SMILES string of the molecule is Nc1nc(NCCOCc2ccc(Cl)cc2)cc(C2CC(O)C2)n1. The van der Waals surface area contributed by atoms with Crippen LogP contribution in [0, 0.1) is 0 Å². The van der Waals surface area contributed by atoms with Crippen LogP contribution in [0.5, 0.6) is 0 Å². The van der Waals surface area contributed by atoms with Crippen LogP contribution >= 0.6 is 11.6 Å². The Balaban J connectivity index is 1.43. The van der Waals surface area contributed by atoms with Gasteiger partial charge in [0.2, 0.25) is 5.95 Å². The molecule has 0 atom stereocenters. The molecule has 0 bridgehead atoms. The van der Waals surface area contributed by atoms with Gasteiger partial charge in [0.05, 0.1) is 25.0 Å². The number of nitrogens with two attached hydrogens (primary N) is 1. The zero-order chi connectivity index (χ0) is 16.9. The third kappa shape index (κ3) is 4.56. The summed E-state index contributed by atoms with van der Waals surface area (Å²) in [4.78, 5) is 8.44. The van der Waals surface area contributed by atoms with E-state index >= 15 is 0 Å². The summed E-state index contributed by atoms with van der Waals surface area (Å²) in [6.07, 6.45) is 1.25. The molecule has 3 rings (SSSR count).